The molecule has 0 aliphatic carbocycles. The molecule has 0 bridgehead atoms. The van der Waals surface area contributed by atoms with Crippen molar-refractivity contribution in [1.82, 2.24) is 10.6 Å². The topological polar surface area (TPSA) is 61.4 Å². The zero-order valence-electron chi connectivity index (χ0n) is 10.3. The summed E-state index contributed by atoms with van der Waals surface area (Å²) in [5, 5.41) is 14.4. The smallest absolute Gasteiger partial charge is 0.265 e. The lowest BCUT2D eigenvalue weighted by Gasteiger charge is -2.26. The number of carbonyl (C=O) groups is 1. The van der Waals surface area contributed by atoms with E-state index in [-0.39, 0.29) is 0 Å². The van der Waals surface area contributed by atoms with Crippen molar-refractivity contribution in [2.45, 2.75) is 25.0 Å². The Morgan fingerprint density at radius 3 is 2.95 bits per heavy atom. The highest BCUT2D eigenvalue weighted by Crippen LogP contribution is 2.22. The third-order valence-corrected chi connectivity index (χ3v) is 3.15. The Kier molecular flexibility index (Phi) is 4.44. The van der Waals surface area contributed by atoms with Crippen LogP contribution in [0.15, 0.2) is 24.3 Å². The highest BCUT2D eigenvalue weighted by Gasteiger charge is 2.26. The van der Waals surface area contributed by atoms with Crippen LogP contribution in [0.4, 0.5) is 8.78 Å². The number of aliphatic hydroxyl groups excluding tert-OH is 1. The van der Waals surface area contributed by atoms with Crippen LogP contribution in [0.1, 0.15) is 17.2 Å². The molecule has 1 aromatic carbocycles. The number of hydrogen-bond acceptors (Lipinski definition) is 3. The molecule has 1 amide bonds. The summed E-state index contributed by atoms with van der Waals surface area (Å²) in [6.45, 7) is 0.212. The number of hydrogen-bond donors (Lipinski definition) is 3. The van der Waals surface area contributed by atoms with Gasteiger partial charge in [-0.3, -0.25) is 4.79 Å². The maximum absolute atomic E-state index is 12.1. The van der Waals surface area contributed by atoms with Gasteiger partial charge in [-0.05, 0) is 17.5 Å². The first kappa shape index (κ1) is 13.9. The second kappa shape index (κ2) is 6.08. The van der Waals surface area contributed by atoms with E-state index < -0.39 is 31.0 Å². The number of fused-ring (bicyclic) bond motifs is 1. The number of amides is 1. The van der Waals surface area contributed by atoms with Gasteiger partial charge in [0.05, 0.1) is 0 Å². The van der Waals surface area contributed by atoms with Crippen molar-refractivity contribution in [2.24, 2.45) is 0 Å². The Balaban J connectivity index is 2.01. The molecule has 1 aliphatic heterocycles. The van der Waals surface area contributed by atoms with Crippen LogP contribution in [0, 0.1) is 0 Å². The second-order valence-electron chi connectivity index (χ2n) is 4.48. The monoisotopic (exact) mass is 270 g/mol. The van der Waals surface area contributed by atoms with E-state index in [0.717, 1.165) is 17.5 Å². The number of rotatable bonds is 4. The first-order chi connectivity index (χ1) is 9.09. The van der Waals surface area contributed by atoms with Gasteiger partial charge in [0.1, 0.15) is 12.1 Å². The number of halogens is 2. The van der Waals surface area contributed by atoms with Gasteiger partial charge in [-0.15, -0.1) is 0 Å². The van der Waals surface area contributed by atoms with E-state index in [4.69, 9.17) is 5.11 Å². The molecule has 0 aromatic heterocycles. The number of nitrogens with one attached hydrogen (secondary N) is 2. The van der Waals surface area contributed by atoms with Crippen LogP contribution in [0.2, 0.25) is 0 Å². The number of aliphatic hydroxyl groups is 1. The molecule has 1 aromatic rings. The zero-order chi connectivity index (χ0) is 13.8. The van der Waals surface area contributed by atoms with Gasteiger partial charge in [0, 0.05) is 13.1 Å². The molecule has 0 fully saturated rings. The molecular formula is C13H16F2N2O2. The van der Waals surface area contributed by atoms with Crippen molar-refractivity contribution in [1.29, 1.82) is 0 Å². The summed E-state index contributed by atoms with van der Waals surface area (Å²) in [6.07, 6.45) is -3.85. The summed E-state index contributed by atoms with van der Waals surface area (Å²) in [7, 11) is 0. The van der Waals surface area contributed by atoms with Crippen molar-refractivity contribution in [3.8, 4) is 0 Å². The molecule has 2 atom stereocenters. The summed E-state index contributed by atoms with van der Waals surface area (Å²) in [5.74, 6) is -0.396. The highest BCUT2D eigenvalue weighted by molar-refractivity contribution is 5.83. The Morgan fingerprint density at radius 1 is 1.47 bits per heavy atom. The zero-order valence-corrected chi connectivity index (χ0v) is 10.3. The van der Waals surface area contributed by atoms with Crippen LogP contribution in [-0.4, -0.2) is 36.6 Å². The van der Waals surface area contributed by atoms with Gasteiger partial charge in [-0.1, -0.05) is 24.3 Å². The van der Waals surface area contributed by atoms with E-state index in [1.807, 2.05) is 24.3 Å². The summed E-state index contributed by atoms with van der Waals surface area (Å²) in [5.41, 5.74) is 1.94. The maximum atomic E-state index is 12.1. The molecule has 104 valence electrons. The fraction of sp³-hybridized carbons (Fsp3) is 0.462. The van der Waals surface area contributed by atoms with Gasteiger partial charge >= 0.3 is 0 Å². The molecule has 6 heteroatoms. The molecule has 0 radical (unpaired) electrons. The van der Waals surface area contributed by atoms with Crippen molar-refractivity contribution in [3.63, 3.8) is 0 Å². The average molecular weight is 270 g/mol. The predicted octanol–water partition coefficient (Wildman–Crippen LogP) is 0.616. The first-order valence-corrected chi connectivity index (χ1v) is 6.14. The lowest BCUT2D eigenvalue weighted by atomic mass is 9.94. The van der Waals surface area contributed by atoms with Gasteiger partial charge in [-0.2, -0.15) is 0 Å². The number of benzene rings is 1. The molecule has 1 heterocycles. The second-order valence-corrected chi connectivity index (χ2v) is 4.48. The molecule has 0 saturated carbocycles. The molecule has 1 aliphatic rings. The molecule has 0 spiro atoms. The summed E-state index contributed by atoms with van der Waals surface area (Å²) >= 11 is 0. The Hall–Kier alpha value is -1.53. The van der Waals surface area contributed by atoms with E-state index in [2.05, 4.69) is 10.6 Å². The Labute approximate surface area is 109 Å². The van der Waals surface area contributed by atoms with Crippen LogP contribution >= 0.6 is 0 Å². The molecule has 4 nitrogen and oxygen atoms in total. The minimum atomic E-state index is -2.85. The highest BCUT2D eigenvalue weighted by atomic mass is 19.3. The lowest BCUT2D eigenvalue weighted by molar-refractivity contribution is -0.124. The number of carbonyl (C=O) groups excluding carboxylic acids is 1. The maximum Gasteiger partial charge on any atom is 0.265 e. The summed E-state index contributed by atoms with van der Waals surface area (Å²) < 4.78 is 24.3. The third-order valence-electron chi connectivity index (χ3n) is 3.15. The van der Waals surface area contributed by atoms with Gasteiger partial charge in [0.25, 0.3) is 6.43 Å². The van der Waals surface area contributed by atoms with E-state index in [0.29, 0.717) is 6.54 Å². The summed E-state index contributed by atoms with van der Waals surface area (Å²) in [4.78, 5) is 12.0. The van der Waals surface area contributed by atoms with E-state index in [1.54, 1.807) is 0 Å². The predicted molar refractivity (Wildman–Crippen MR) is 65.9 cm³/mol. The fourth-order valence-corrected chi connectivity index (χ4v) is 2.13. The van der Waals surface area contributed by atoms with E-state index >= 15 is 0 Å². The average Bonchev–Trinajstić information content (AvgIpc) is 2.43. The minimum absolute atomic E-state index is 0.396. The van der Waals surface area contributed by atoms with E-state index in [1.165, 1.54) is 0 Å². The fourth-order valence-electron chi connectivity index (χ4n) is 2.13. The van der Waals surface area contributed by atoms with Crippen LogP contribution in [0.3, 0.4) is 0 Å². The van der Waals surface area contributed by atoms with Gasteiger partial charge in [-0.25, -0.2) is 8.78 Å². The number of alkyl halides is 2. The van der Waals surface area contributed by atoms with Crippen molar-refractivity contribution in [2.75, 3.05) is 13.1 Å². The van der Waals surface area contributed by atoms with E-state index in [9.17, 15) is 13.6 Å². The van der Waals surface area contributed by atoms with Crippen LogP contribution in [-0.2, 0) is 11.2 Å². The standard InChI is InChI=1S/C13H16F2N2O2/c14-12(15)10(18)7-17-13(19)11-9-4-2-1-3-8(9)5-6-16-11/h1-4,10-12,16,18H,5-7H2,(H,17,19). The molecule has 2 unspecified atom stereocenters. The molecule has 3 N–H and O–H groups in total. The third kappa shape index (κ3) is 3.27. The quantitative estimate of drug-likeness (QED) is 0.751. The lowest BCUT2D eigenvalue weighted by Crippen LogP contribution is -2.44. The molecule has 2 rings (SSSR count). The van der Waals surface area contributed by atoms with Crippen molar-refractivity contribution >= 4 is 5.91 Å². The van der Waals surface area contributed by atoms with Gasteiger partial charge in [0.2, 0.25) is 5.91 Å². The molecule has 0 saturated heterocycles. The largest absolute Gasteiger partial charge is 0.385 e. The van der Waals surface area contributed by atoms with Crippen molar-refractivity contribution in [3.05, 3.63) is 35.4 Å². The molecular weight excluding hydrogens is 254 g/mol. The Bertz CT molecular complexity index is 454. The van der Waals surface area contributed by atoms with Crippen molar-refractivity contribution < 1.29 is 18.7 Å². The summed E-state index contributed by atoms with van der Waals surface area (Å²) in [6, 6.07) is 6.98. The molecule has 19 heavy (non-hydrogen) atoms. The van der Waals surface area contributed by atoms with Gasteiger partial charge in [0.15, 0.2) is 0 Å². The van der Waals surface area contributed by atoms with Crippen LogP contribution in [0.25, 0.3) is 0 Å². The first-order valence-electron chi connectivity index (χ1n) is 6.14. The Morgan fingerprint density at radius 2 is 2.21 bits per heavy atom. The minimum Gasteiger partial charge on any atom is -0.385 e. The van der Waals surface area contributed by atoms with Crippen LogP contribution < -0.4 is 10.6 Å². The van der Waals surface area contributed by atoms with Crippen LogP contribution in [0.5, 0.6) is 0 Å². The normalized spacial score (nSPS) is 19.9. The van der Waals surface area contributed by atoms with Gasteiger partial charge < -0.3 is 15.7 Å². The SMILES string of the molecule is O=C(NCC(O)C(F)F)C1NCCc2ccccc21.